The second kappa shape index (κ2) is 4.80. The average Bonchev–Trinajstić information content (AvgIpc) is 3.05. The molecule has 2 heterocycles. The van der Waals surface area contributed by atoms with Gasteiger partial charge in [-0.25, -0.2) is 18.7 Å². The molecule has 23 heavy (non-hydrogen) atoms. The highest BCUT2D eigenvalue weighted by Gasteiger charge is 2.13. The fourth-order valence-electron chi connectivity index (χ4n) is 2.36. The van der Waals surface area contributed by atoms with E-state index in [1.54, 1.807) is 28.8 Å². The average molecular weight is 311 g/mol. The fraction of sp³-hybridized carbons (Fsp3) is 0. The number of hydrogen-bond acceptors (Lipinski definition) is 4. The van der Waals surface area contributed by atoms with E-state index < -0.39 is 11.8 Å². The zero-order chi connectivity index (χ0) is 16.0. The van der Waals surface area contributed by atoms with E-state index in [4.69, 9.17) is 5.11 Å². The van der Waals surface area contributed by atoms with Crippen LogP contribution >= 0.6 is 0 Å². The molecule has 0 radical (unpaired) electrons. The Kier molecular flexibility index (Phi) is 2.77. The summed E-state index contributed by atoms with van der Waals surface area (Å²) < 4.78 is 15.2. The standard InChI is InChI=1S/C15H10FN5O2/c16-9-3-1-2-4-10(9)17-14-19-15-18-11-7-8(13(22)23)5-6-12(11)21(15)20-14/h1-7H,(H,22,23)(H2,17,18,19,20). The Morgan fingerprint density at radius 3 is 2.83 bits per heavy atom. The molecule has 8 heteroatoms. The quantitative estimate of drug-likeness (QED) is 0.541. The van der Waals surface area contributed by atoms with Crippen molar-refractivity contribution in [3.63, 3.8) is 0 Å². The smallest absolute Gasteiger partial charge is 0.335 e. The monoisotopic (exact) mass is 311 g/mol. The van der Waals surface area contributed by atoms with Crippen LogP contribution in [0.15, 0.2) is 42.5 Å². The van der Waals surface area contributed by atoms with E-state index in [1.807, 2.05) is 0 Å². The number of carboxylic acids is 1. The van der Waals surface area contributed by atoms with Crippen molar-refractivity contribution in [2.75, 3.05) is 5.32 Å². The van der Waals surface area contributed by atoms with E-state index in [2.05, 4.69) is 20.4 Å². The molecule has 2 aromatic carbocycles. The number of H-pyrrole nitrogens is 1. The van der Waals surface area contributed by atoms with E-state index in [0.717, 1.165) is 0 Å². The molecule has 4 aromatic rings. The normalized spacial score (nSPS) is 11.2. The van der Waals surface area contributed by atoms with Gasteiger partial charge in [0.15, 0.2) is 0 Å². The number of fused-ring (bicyclic) bond motifs is 3. The van der Waals surface area contributed by atoms with Crippen LogP contribution in [0.1, 0.15) is 10.4 Å². The maximum Gasteiger partial charge on any atom is 0.335 e. The summed E-state index contributed by atoms with van der Waals surface area (Å²) in [5.41, 5.74) is 1.64. The van der Waals surface area contributed by atoms with E-state index in [-0.39, 0.29) is 5.56 Å². The third kappa shape index (κ3) is 2.16. The summed E-state index contributed by atoms with van der Waals surface area (Å²) in [7, 11) is 0. The lowest BCUT2D eigenvalue weighted by Crippen LogP contribution is -1.97. The molecule has 0 aliphatic carbocycles. The molecule has 3 N–H and O–H groups in total. The minimum atomic E-state index is -1.02. The van der Waals surface area contributed by atoms with Crippen molar-refractivity contribution in [1.82, 2.24) is 19.6 Å². The fourth-order valence-corrected chi connectivity index (χ4v) is 2.36. The summed E-state index contributed by atoms with van der Waals surface area (Å²) in [6, 6.07) is 10.9. The van der Waals surface area contributed by atoms with Crippen LogP contribution in [-0.2, 0) is 0 Å². The molecule has 0 saturated heterocycles. The second-order valence-electron chi connectivity index (χ2n) is 4.93. The number of aromatic nitrogens is 4. The number of aromatic carboxylic acids is 1. The summed E-state index contributed by atoms with van der Waals surface area (Å²) >= 11 is 0. The highest BCUT2D eigenvalue weighted by atomic mass is 19.1. The van der Waals surface area contributed by atoms with Gasteiger partial charge in [-0.15, -0.1) is 0 Å². The number of aromatic amines is 1. The van der Waals surface area contributed by atoms with Gasteiger partial charge in [0.1, 0.15) is 5.82 Å². The molecule has 0 unspecified atom stereocenters. The van der Waals surface area contributed by atoms with E-state index in [0.29, 0.717) is 28.4 Å². The Morgan fingerprint density at radius 1 is 1.22 bits per heavy atom. The molecule has 0 fully saturated rings. The van der Waals surface area contributed by atoms with Gasteiger partial charge in [-0.05, 0) is 30.3 Å². The predicted octanol–water partition coefficient (Wildman–Crippen LogP) is 2.79. The number of imidazole rings is 1. The van der Waals surface area contributed by atoms with Crippen molar-refractivity contribution >= 4 is 34.4 Å². The largest absolute Gasteiger partial charge is 0.478 e. The zero-order valence-corrected chi connectivity index (χ0v) is 11.6. The lowest BCUT2D eigenvalue weighted by Gasteiger charge is -2.02. The number of nitrogens with zero attached hydrogens (tertiary/aromatic N) is 3. The van der Waals surface area contributed by atoms with Crippen LogP contribution in [-0.4, -0.2) is 30.7 Å². The molecule has 0 spiro atoms. The SMILES string of the molecule is O=C(O)c1ccc2c(c1)nc1nc(Nc3ccccc3F)[nH]n12. The van der Waals surface area contributed by atoms with E-state index in [1.165, 1.54) is 18.2 Å². The van der Waals surface area contributed by atoms with Crippen LogP contribution in [0.4, 0.5) is 16.0 Å². The molecule has 114 valence electrons. The third-order valence-corrected chi connectivity index (χ3v) is 3.44. The van der Waals surface area contributed by atoms with Crippen molar-refractivity contribution in [3.8, 4) is 0 Å². The predicted molar refractivity (Wildman–Crippen MR) is 81.5 cm³/mol. The van der Waals surface area contributed by atoms with Crippen LogP contribution in [0.3, 0.4) is 0 Å². The number of halogens is 1. The molecule has 0 aliphatic heterocycles. The van der Waals surface area contributed by atoms with Gasteiger partial charge in [0, 0.05) is 0 Å². The van der Waals surface area contributed by atoms with Gasteiger partial charge in [0.2, 0.25) is 5.95 Å². The third-order valence-electron chi connectivity index (χ3n) is 3.44. The molecular weight excluding hydrogens is 301 g/mol. The maximum atomic E-state index is 13.6. The first-order valence-electron chi connectivity index (χ1n) is 6.75. The molecule has 0 amide bonds. The summed E-state index contributed by atoms with van der Waals surface area (Å²) in [5, 5.41) is 14.8. The van der Waals surface area contributed by atoms with Crippen LogP contribution in [0.5, 0.6) is 0 Å². The topological polar surface area (TPSA) is 95.3 Å². The molecule has 0 atom stereocenters. The summed E-state index contributed by atoms with van der Waals surface area (Å²) in [6.45, 7) is 0. The number of rotatable bonds is 3. The first-order valence-corrected chi connectivity index (χ1v) is 6.75. The highest BCUT2D eigenvalue weighted by Crippen LogP contribution is 2.21. The number of carboxylic acid groups (broad SMARTS) is 1. The van der Waals surface area contributed by atoms with Gasteiger partial charge in [-0.2, -0.15) is 4.98 Å². The summed E-state index contributed by atoms with van der Waals surface area (Å²) in [5.74, 6) is -0.709. The van der Waals surface area contributed by atoms with Crippen LogP contribution in [0, 0.1) is 5.82 Å². The maximum absolute atomic E-state index is 13.6. The van der Waals surface area contributed by atoms with Crippen LogP contribution in [0.2, 0.25) is 0 Å². The molecule has 0 saturated carbocycles. The zero-order valence-electron chi connectivity index (χ0n) is 11.6. The van der Waals surface area contributed by atoms with Gasteiger partial charge in [0.05, 0.1) is 22.3 Å². The molecular formula is C15H10FN5O2. The van der Waals surface area contributed by atoms with Crippen molar-refractivity contribution in [2.45, 2.75) is 0 Å². The Balaban J connectivity index is 1.77. The highest BCUT2D eigenvalue weighted by molar-refractivity contribution is 5.93. The lowest BCUT2D eigenvalue weighted by molar-refractivity contribution is 0.0697. The van der Waals surface area contributed by atoms with Crippen molar-refractivity contribution in [2.24, 2.45) is 0 Å². The molecule has 7 nitrogen and oxygen atoms in total. The minimum absolute atomic E-state index is 0.156. The lowest BCUT2D eigenvalue weighted by atomic mass is 10.2. The Labute approximate surface area is 128 Å². The summed E-state index contributed by atoms with van der Waals surface area (Å²) in [4.78, 5) is 19.5. The molecule has 4 rings (SSSR count). The van der Waals surface area contributed by atoms with Gasteiger partial charge in [-0.3, -0.25) is 5.10 Å². The first-order chi connectivity index (χ1) is 11.1. The van der Waals surface area contributed by atoms with Crippen molar-refractivity contribution in [1.29, 1.82) is 0 Å². The number of benzene rings is 2. The molecule has 2 aromatic heterocycles. The summed E-state index contributed by atoms with van der Waals surface area (Å²) in [6.07, 6.45) is 0. The second-order valence-corrected chi connectivity index (χ2v) is 4.93. The van der Waals surface area contributed by atoms with Gasteiger partial charge < -0.3 is 10.4 Å². The Morgan fingerprint density at radius 2 is 2.04 bits per heavy atom. The molecule has 0 aliphatic rings. The van der Waals surface area contributed by atoms with Crippen molar-refractivity contribution < 1.29 is 14.3 Å². The molecule has 0 bridgehead atoms. The van der Waals surface area contributed by atoms with Gasteiger partial charge >= 0.3 is 5.97 Å². The number of nitrogens with one attached hydrogen (secondary N) is 2. The number of carbonyl (C=O) groups is 1. The van der Waals surface area contributed by atoms with Gasteiger partial charge in [-0.1, -0.05) is 12.1 Å². The number of anilines is 2. The minimum Gasteiger partial charge on any atom is -0.478 e. The Hall–Kier alpha value is -3.42. The Bertz CT molecular complexity index is 1050. The van der Waals surface area contributed by atoms with Crippen LogP contribution < -0.4 is 5.32 Å². The van der Waals surface area contributed by atoms with E-state index in [9.17, 15) is 9.18 Å². The van der Waals surface area contributed by atoms with Gasteiger partial charge in [0.25, 0.3) is 5.78 Å². The van der Waals surface area contributed by atoms with E-state index >= 15 is 0 Å². The number of hydrogen-bond donors (Lipinski definition) is 3. The number of para-hydroxylation sites is 1. The first kappa shape index (κ1) is 13.3. The van der Waals surface area contributed by atoms with Crippen molar-refractivity contribution in [3.05, 3.63) is 53.8 Å². The van der Waals surface area contributed by atoms with Crippen LogP contribution in [0.25, 0.3) is 16.8 Å².